The highest BCUT2D eigenvalue weighted by atomic mass is 16.7. The van der Waals surface area contributed by atoms with Crippen molar-refractivity contribution in [2.45, 2.75) is 26.4 Å². The van der Waals surface area contributed by atoms with Crippen molar-refractivity contribution in [1.29, 1.82) is 0 Å². The van der Waals surface area contributed by atoms with Crippen molar-refractivity contribution in [3.05, 3.63) is 35.9 Å². The number of fused-ring (bicyclic) bond motifs is 1. The number of ether oxygens (including phenoxy) is 2. The lowest BCUT2D eigenvalue weighted by Gasteiger charge is -2.22. The molecule has 1 aliphatic heterocycles. The van der Waals surface area contributed by atoms with E-state index in [2.05, 4.69) is 36.9 Å². The fourth-order valence-electron chi connectivity index (χ4n) is 2.80. The molecule has 0 bridgehead atoms. The van der Waals surface area contributed by atoms with Crippen LogP contribution in [0.3, 0.4) is 0 Å². The molecule has 0 saturated heterocycles. The van der Waals surface area contributed by atoms with E-state index in [1.165, 1.54) is 0 Å². The number of hydrogen-bond donors (Lipinski definition) is 1. The van der Waals surface area contributed by atoms with Gasteiger partial charge in [0.25, 0.3) is 0 Å². The van der Waals surface area contributed by atoms with Gasteiger partial charge in [-0.1, -0.05) is 13.0 Å². The highest BCUT2D eigenvalue weighted by molar-refractivity contribution is 5.79. The Morgan fingerprint density at radius 3 is 3.00 bits per heavy atom. The molecule has 1 aromatic heterocycles. The molecular weight excluding hydrogens is 320 g/mol. The summed E-state index contributed by atoms with van der Waals surface area (Å²) in [6.45, 7) is 4.64. The minimum atomic E-state index is 0.292. The minimum Gasteiger partial charge on any atom is -0.454 e. The molecule has 0 fully saturated rings. The first-order valence-corrected chi connectivity index (χ1v) is 8.38. The first-order valence-electron chi connectivity index (χ1n) is 8.38. The average Bonchev–Trinajstić information content (AvgIpc) is 3.26. The van der Waals surface area contributed by atoms with Crippen molar-refractivity contribution >= 4 is 5.96 Å². The molecule has 0 atom stereocenters. The SMILES string of the molecule is CCc1nncn1CCNC(=NC)N(C)Cc1ccc2c(c1)OCO2. The van der Waals surface area contributed by atoms with Crippen molar-refractivity contribution in [1.82, 2.24) is 25.0 Å². The fourth-order valence-corrected chi connectivity index (χ4v) is 2.80. The van der Waals surface area contributed by atoms with Gasteiger partial charge < -0.3 is 24.3 Å². The first-order chi connectivity index (χ1) is 12.2. The van der Waals surface area contributed by atoms with Crippen LogP contribution in [0.25, 0.3) is 0 Å². The van der Waals surface area contributed by atoms with Crippen LogP contribution >= 0.6 is 0 Å². The molecule has 0 saturated carbocycles. The van der Waals surface area contributed by atoms with Gasteiger partial charge in [0.2, 0.25) is 6.79 Å². The van der Waals surface area contributed by atoms with Gasteiger partial charge in [0.15, 0.2) is 17.5 Å². The van der Waals surface area contributed by atoms with Gasteiger partial charge in [0, 0.05) is 40.2 Å². The molecule has 2 heterocycles. The van der Waals surface area contributed by atoms with E-state index in [1.807, 2.05) is 25.2 Å². The number of nitrogens with zero attached hydrogens (tertiary/aromatic N) is 5. The Morgan fingerprint density at radius 2 is 2.20 bits per heavy atom. The lowest BCUT2D eigenvalue weighted by atomic mass is 10.2. The number of guanidine groups is 1. The van der Waals surface area contributed by atoms with E-state index in [0.717, 1.165) is 54.9 Å². The number of aromatic nitrogens is 3. The lowest BCUT2D eigenvalue weighted by molar-refractivity contribution is 0.174. The Morgan fingerprint density at radius 1 is 1.36 bits per heavy atom. The van der Waals surface area contributed by atoms with Crippen LogP contribution in [0.15, 0.2) is 29.5 Å². The van der Waals surface area contributed by atoms with Gasteiger partial charge in [0.1, 0.15) is 12.2 Å². The van der Waals surface area contributed by atoms with Crippen LogP contribution in [-0.2, 0) is 19.5 Å². The van der Waals surface area contributed by atoms with Crippen molar-refractivity contribution in [2.75, 3.05) is 27.4 Å². The summed E-state index contributed by atoms with van der Waals surface area (Å²) in [4.78, 5) is 6.43. The standard InChI is InChI=1S/C17H24N6O2/c1-4-16-21-20-11-23(16)8-7-19-17(18-2)22(3)10-13-5-6-14-15(9-13)25-12-24-14/h5-6,9,11H,4,7-8,10,12H2,1-3H3,(H,18,19). The number of aryl methyl sites for hydroxylation is 1. The van der Waals surface area contributed by atoms with Crippen LogP contribution in [-0.4, -0.2) is 53.1 Å². The van der Waals surface area contributed by atoms with Crippen LogP contribution in [0.4, 0.5) is 0 Å². The second-order valence-electron chi connectivity index (χ2n) is 5.81. The third kappa shape index (κ3) is 4.01. The Balaban J connectivity index is 1.53. The summed E-state index contributed by atoms with van der Waals surface area (Å²) < 4.78 is 12.8. The van der Waals surface area contributed by atoms with E-state index in [-0.39, 0.29) is 0 Å². The smallest absolute Gasteiger partial charge is 0.231 e. The van der Waals surface area contributed by atoms with E-state index in [4.69, 9.17) is 9.47 Å². The molecule has 0 radical (unpaired) electrons. The van der Waals surface area contributed by atoms with Crippen LogP contribution in [0.1, 0.15) is 18.3 Å². The largest absolute Gasteiger partial charge is 0.454 e. The maximum atomic E-state index is 5.43. The maximum absolute atomic E-state index is 5.43. The minimum absolute atomic E-state index is 0.292. The average molecular weight is 344 g/mol. The molecule has 8 heteroatoms. The van der Waals surface area contributed by atoms with E-state index in [9.17, 15) is 0 Å². The summed E-state index contributed by atoms with van der Waals surface area (Å²) in [6, 6.07) is 6.00. The van der Waals surface area contributed by atoms with Gasteiger partial charge in [-0.15, -0.1) is 10.2 Å². The Hall–Kier alpha value is -2.77. The molecule has 1 N–H and O–H groups in total. The summed E-state index contributed by atoms with van der Waals surface area (Å²) in [7, 11) is 3.80. The molecule has 3 rings (SSSR count). The number of hydrogen-bond acceptors (Lipinski definition) is 5. The molecule has 0 spiro atoms. The van der Waals surface area contributed by atoms with Gasteiger partial charge in [-0.05, 0) is 17.7 Å². The van der Waals surface area contributed by atoms with E-state index in [0.29, 0.717) is 6.79 Å². The summed E-state index contributed by atoms with van der Waals surface area (Å²) in [5.41, 5.74) is 1.14. The zero-order chi connectivity index (χ0) is 17.6. The zero-order valence-electron chi connectivity index (χ0n) is 14.9. The van der Waals surface area contributed by atoms with Crippen LogP contribution in [0.2, 0.25) is 0 Å². The van der Waals surface area contributed by atoms with E-state index in [1.54, 1.807) is 13.4 Å². The van der Waals surface area contributed by atoms with Crippen LogP contribution in [0, 0.1) is 0 Å². The highest BCUT2D eigenvalue weighted by Gasteiger charge is 2.14. The molecule has 0 unspecified atom stereocenters. The number of nitrogens with one attached hydrogen (secondary N) is 1. The maximum Gasteiger partial charge on any atom is 0.231 e. The summed E-state index contributed by atoms with van der Waals surface area (Å²) in [6.07, 6.45) is 2.64. The van der Waals surface area contributed by atoms with Crippen molar-refractivity contribution in [3.8, 4) is 11.5 Å². The van der Waals surface area contributed by atoms with E-state index >= 15 is 0 Å². The summed E-state index contributed by atoms with van der Waals surface area (Å²) in [5.74, 6) is 3.43. The molecule has 134 valence electrons. The van der Waals surface area contributed by atoms with Crippen molar-refractivity contribution in [2.24, 2.45) is 4.99 Å². The number of rotatable bonds is 6. The Bertz CT molecular complexity index is 742. The third-order valence-corrected chi connectivity index (χ3v) is 4.08. The lowest BCUT2D eigenvalue weighted by Crippen LogP contribution is -2.39. The third-order valence-electron chi connectivity index (χ3n) is 4.08. The number of aliphatic imine (C=N–C) groups is 1. The van der Waals surface area contributed by atoms with Crippen molar-refractivity contribution < 1.29 is 9.47 Å². The topological polar surface area (TPSA) is 76.8 Å². The highest BCUT2D eigenvalue weighted by Crippen LogP contribution is 2.32. The van der Waals surface area contributed by atoms with Gasteiger partial charge in [-0.3, -0.25) is 4.99 Å². The Kier molecular flexibility index (Phi) is 5.37. The molecule has 0 amide bonds. The molecular formula is C17H24N6O2. The second-order valence-corrected chi connectivity index (χ2v) is 5.81. The van der Waals surface area contributed by atoms with Gasteiger partial charge in [-0.25, -0.2) is 0 Å². The van der Waals surface area contributed by atoms with Crippen molar-refractivity contribution in [3.63, 3.8) is 0 Å². The fraction of sp³-hybridized carbons (Fsp3) is 0.471. The van der Waals surface area contributed by atoms with E-state index < -0.39 is 0 Å². The normalized spacial score (nSPS) is 13.2. The van der Waals surface area contributed by atoms with Gasteiger partial charge >= 0.3 is 0 Å². The summed E-state index contributed by atoms with van der Waals surface area (Å²) >= 11 is 0. The van der Waals surface area contributed by atoms with Gasteiger partial charge in [0.05, 0.1) is 0 Å². The molecule has 2 aromatic rings. The first kappa shape index (κ1) is 17.1. The molecule has 8 nitrogen and oxygen atoms in total. The van der Waals surface area contributed by atoms with Gasteiger partial charge in [-0.2, -0.15) is 0 Å². The quantitative estimate of drug-likeness (QED) is 0.628. The molecule has 0 aliphatic carbocycles. The Labute approximate surface area is 147 Å². The zero-order valence-corrected chi connectivity index (χ0v) is 14.9. The second kappa shape index (κ2) is 7.87. The van der Waals surface area contributed by atoms with Crippen LogP contribution < -0.4 is 14.8 Å². The molecule has 1 aliphatic rings. The molecule has 25 heavy (non-hydrogen) atoms. The molecule has 1 aromatic carbocycles. The number of benzene rings is 1. The summed E-state index contributed by atoms with van der Waals surface area (Å²) in [5, 5.41) is 11.4. The predicted octanol–water partition coefficient (Wildman–Crippen LogP) is 1.28. The van der Waals surface area contributed by atoms with Crippen LogP contribution in [0.5, 0.6) is 11.5 Å². The predicted molar refractivity (Wildman–Crippen MR) is 94.8 cm³/mol. The monoisotopic (exact) mass is 344 g/mol.